The second-order valence-corrected chi connectivity index (χ2v) is 10.2. The first-order chi connectivity index (χ1) is 17.4. The minimum absolute atomic E-state index is 0.00132. The van der Waals surface area contributed by atoms with Crippen LogP contribution < -0.4 is 10.6 Å². The third kappa shape index (κ3) is 4.38. The topological polar surface area (TPSA) is 108 Å². The molecule has 3 N–H and O–H groups in total. The van der Waals surface area contributed by atoms with Crippen LogP contribution in [0.3, 0.4) is 0 Å². The number of unbranched alkanes of at least 4 members (excludes halogenated alkanes) is 1. The van der Waals surface area contributed by atoms with E-state index in [1.807, 2.05) is 30.3 Å². The number of anilines is 1. The minimum atomic E-state index is -1.05. The number of nitrogens with zero attached hydrogens (tertiary/aromatic N) is 1. The smallest absolute Gasteiger partial charge is 0.250 e. The Morgan fingerprint density at radius 1 is 1.08 bits per heavy atom. The molecule has 8 nitrogen and oxygen atoms in total. The molecule has 36 heavy (non-hydrogen) atoms. The van der Waals surface area contributed by atoms with E-state index < -0.39 is 29.6 Å². The second-order valence-electron chi connectivity index (χ2n) is 9.72. The molecule has 3 aliphatic heterocycles. The van der Waals surface area contributed by atoms with Crippen LogP contribution in [0.4, 0.5) is 5.69 Å². The SMILES string of the molecule is O=C(Nc1ccc(Cl)cc1)C1N(CCCCO)C(=O)[C@@H]2[C@H](C(=O)NCc3ccccc3)[C@@H]3CCC12O3. The molecule has 2 unspecified atom stereocenters. The highest BCUT2D eigenvalue weighted by Crippen LogP contribution is 2.58. The first kappa shape index (κ1) is 24.7. The molecule has 3 fully saturated rings. The summed E-state index contributed by atoms with van der Waals surface area (Å²) >= 11 is 5.98. The summed E-state index contributed by atoms with van der Waals surface area (Å²) in [7, 11) is 0. The van der Waals surface area contributed by atoms with E-state index in [1.165, 1.54) is 0 Å². The number of amides is 3. The van der Waals surface area contributed by atoms with Gasteiger partial charge in [-0.05, 0) is 55.5 Å². The Labute approximate surface area is 215 Å². The summed E-state index contributed by atoms with van der Waals surface area (Å²) in [6.45, 7) is 0.668. The summed E-state index contributed by atoms with van der Waals surface area (Å²) in [6, 6.07) is 15.5. The number of hydrogen-bond acceptors (Lipinski definition) is 5. The Morgan fingerprint density at radius 3 is 2.56 bits per heavy atom. The summed E-state index contributed by atoms with van der Waals surface area (Å²) in [6.07, 6.45) is 1.80. The lowest BCUT2D eigenvalue weighted by atomic mass is 9.70. The largest absolute Gasteiger partial charge is 0.396 e. The first-order valence-electron chi connectivity index (χ1n) is 12.4. The maximum atomic E-state index is 13.8. The van der Waals surface area contributed by atoms with E-state index in [2.05, 4.69) is 10.6 Å². The Bertz CT molecular complexity index is 1130. The van der Waals surface area contributed by atoms with Crippen LogP contribution in [0.2, 0.25) is 5.02 Å². The number of fused-ring (bicyclic) bond motifs is 1. The van der Waals surface area contributed by atoms with Gasteiger partial charge in [0.1, 0.15) is 11.6 Å². The van der Waals surface area contributed by atoms with Crippen LogP contribution in [-0.2, 0) is 25.7 Å². The number of carbonyl (C=O) groups excluding carboxylic acids is 3. The fraction of sp³-hybridized carbons (Fsp3) is 0.444. The number of carbonyl (C=O) groups is 3. The highest BCUT2D eigenvalue weighted by Gasteiger charge is 2.74. The van der Waals surface area contributed by atoms with Crippen LogP contribution in [0, 0.1) is 11.8 Å². The van der Waals surface area contributed by atoms with Crippen LogP contribution in [0.15, 0.2) is 54.6 Å². The summed E-state index contributed by atoms with van der Waals surface area (Å²) in [5.41, 5.74) is 0.483. The predicted molar refractivity (Wildman–Crippen MR) is 134 cm³/mol. The molecule has 2 aromatic rings. The molecule has 0 aromatic heterocycles. The molecule has 2 aromatic carbocycles. The summed E-state index contributed by atoms with van der Waals surface area (Å²) in [5.74, 6) is -2.17. The van der Waals surface area contributed by atoms with E-state index in [9.17, 15) is 19.5 Å². The molecule has 5 rings (SSSR count). The van der Waals surface area contributed by atoms with Gasteiger partial charge < -0.3 is 25.4 Å². The number of aliphatic hydroxyl groups excluding tert-OH is 1. The predicted octanol–water partition coefficient (Wildman–Crippen LogP) is 2.74. The maximum Gasteiger partial charge on any atom is 0.250 e. The number of halogens is 1. The van der Waals surface area contributed by atoms with Gasteiger partial charge in [-0.3, -0.25) is 14.4 Å². The highest BCUT2D eigenvalue weighted by atomic mass is 35.5. The van der Waals surface area contributed by atoms with Gasteiger partial charge in [-0.25, -0.2) is 0 Å². The van der Waals surface area contributed by atoms with Gasteiger partial charge in [-0.15, -0.1) is 0 Å². The third-order valence-electron chi connectivity index (χ3n) is 7.58. The molecular weight excluding hydrogens is 482 g/mol. The van der Waals surface area contributed by atoms with Crippen LogP contribution in [0.25, 0.3) is 0 Å². The van der Waals surface area contributed by atoms with Gasteiger partial charge in [-0.1, -0.05) is 41.9 Å². The molecular formula is C27H30ClN3O5. The van der Waals surface area contributed by atoms with Gasteiger partial charge in [0.25, 0.3) is 0 Å². The monoisotopic (exact) mass is 511 g/mol. The standard InChI is InChI=1S/C27H30ClN3O5/c28-18-8-10-19(11-9-18)30-25(34)23-27-13-12-20(36-27)21(22(27)26(35)31(23)14-4-5-15-32)24(33)29-16-17-6-2-1-3-7-17/h1-3,6-11,20-23,32H,4-5,12-16H2,(H,29,33)(H,30,34)/t20-,21+,22-,23?,27?/m0/s1. The van der Waals surface area contributed by atoms with Crippen molar-refractivity contribution in [2.24, 2.45) is 11.8 Å². The number of hydrogen-bond donors (Lipinski definition) is 3. The van der Waals surface area contributed by atoms with Gasteiger partial charge in [0.05, 0.1) is 17.9 Å². The van der Waals surface area contributed by atoms with Crippen molar-refractivity contribution in [3.05, 3.63) is 65.2 Å². The van der Waals surface area contributed by atoms with E-state index in [1.54, 1.807) is 29.2 Å². The van der Waals surface area contributed by atoms with Gasteiger partial charge in [0, 0.05) is 30.4 Å². The third-order valence-corrected chi connectivity index (χ3v) is 7.83. The zero-order valence-electron chi connectivity index (χ0n) is 19.9. The summed E-state index contributed by atoms with van der Waals surface area (Å²) in [5, 5.41) is 15.7. The molecule has 0 radical (unpaired) electrons. The molecule has 0 saturated carbocycles. The van der Waals surface area contributed by atoms with E-state index in [0.29, 0.717) is 49.5 Å². The summed E-state index contributed by atoms with van der Waals surface area (Å²) < 4.78 is 6.41. The van der Waals surface area contributed by atoms with Crippen LogP contribution in [-0.4, -0.2) is 58.6 Å². The van der Waals surface area contributed by atoms with Crippen molar-refractivity contribution in [2.45, 2.75) is 50.0 Å². The van der Waals surface area contributed by atoms with Crippen molar-refractivity contribution in [1.29, 1.82) is 0 Å². The first-order valence-corrected chi connectivity index (χ1v) is 12.8. The Hall–Kier alpha value is -2.94. The molecule has 190 valence electrons. The molecule has 3 saturated heterocycles. The normalized spacial score (nSPS) is 28.3. The average molecular weight is 512 g/mol. The van der Waals surface area contributed by atoms with E-state index in [0.717, 1.165) is 5.56 Å². The number of likely N-dealkylation sites (tertiary alicyclic amines) is 1. The van der Waals surface area contributed by atoms with E-state index in [4.69, 9.17) is 16.3 Å². The van der Waals surface area contributed by atoms with Crippen molar-refractivity contribution in [3.8, 4) is 0 Å². The second kappa shape index (κ2) is 10.2. The Morgan fingerprint density at radius 2 is 1.83 bits per heavy atom. The maximum absolute atomic E-state index is 13.8. The number of nitrogens with one attached hydrogen (secondary N) is 2. The molecule has 1 spiro atoms. The molecule has 3 aliphatic rings. The van der Waals surface area contributed by atoms with Crippen molar-refractivity contribution in [1.82, 2.24) is 10.2 Å². The lowest BCUT2D eigenvalue weighted by molar-refractivity contribution is -0.141. The van der Waals surface area contributed by atoms with Crippen molar-refractivity contribution < 1.29 is 24.2 Å². The van der Waals surface area contributed by atoms with Gasteiger partial charge in [0.2, 0.25) is 17.7 Å². The van der Waals surface area contributed by atoms with E-state index >= 15 is 0 Å². The minimum Gasteiger partial charge on any atom is -0.396 e. The van der Waals surface area contributed by atoms with Crippen LogP contribution >= 0.6 is 11.6 Å². The fourth-order valence-electron chi connectivity index (χ4n) is 6.03. The number of aliphatic hydroxyl groups is 1. The lowest BCUT2D eigenvalue weighted by Gasteiger charge is -2.33. The fourth-order valence-corrected chi connectivity index (χ4v) is 6.16. The van der Waals surface area contributed by atoms with Crippen molar-refractivity contribution in [3.63, 3.8) is 0 Å². The van der Waals surface area contributed by atoms with Crippen LogP contribution in [0.1, 0.15) is 31.2 Å². The van der Waals surface area contributed by atoms with Crippen molar-refractivity contribution >= 4 is 35.0 Å². The van der Waals surface area contributed by atoms with Gasteiger partial charge in [0.15, 0.2) is 0 Å². The zero-order chi connectivity index (χ0) is 25.3. The lowest BCUT2D eigenvalue weighted by Crippen LogP contribution is -2.53. The van der Waals surface area contributed by atoms with Gasteiger partial charge >= 0.3 is 0 Å². The number of rotatable bonds is 9. The highest BCUT2D eigenvalue weighted by molar-refractivity contribution is 6.30. The molecule has 3 heterocycles. The van der Waals surface area contributed by atoms with E-state index in [-0.39, 0.29) is 24.3 Å². The van der Waals surface area contributed by atoms with Gasteiger partial charge in [-0.2, -0.15) is 0 Å². The summed E-state index contributed by atoms with van der Waals surface area (Å²) in [4.78, 5) is 42.3. The Balaban J connectivity index is 1.40. The number of benzene rings is 2. The van der Waals surface area contributed by atoms with Crippen molar-refractivity contribution in [2.75, 3.05) is 18.5 Å². The molecule has 5 atom stereocenters. The molecule has 9 heteroatoms. The Kier molecular flexibility index (Phi) is 7.01. The quantitative estimate of drug-likeness (QED) is 0.449. The molecule has 2 bridgehead atoms. The molecule has 0 aliphatic carbocycles. The zero-order valence-corrected chi connectivity index (χ0v) is 20.6. The average Bonchev–Trinajstić information content (AvgIpc) is 3.52. The molecule has 3 amide bonds. The van der Waals surface area contributed by atoms with Crippen LogP contribution in [0.5, 0.6) is 0 Å². The number of ether oxygens (including phenoxy) is 1.